The van der Waals surface area contributed by atoms with E-state index in [1.165, 1.54) is 4.68 Å². The van der Waals surface area contributed by atoms with E-state index in [1.54, 1.807) is 10.5 Å². The van der Waals surface area contributed by atoms with Crippen LogP contribution in [0.1, 0.15) is 33.1 Å². The minimum absolute atomic E-state index is 0.217. The zero-order chi connectivity index (χ0) is 15.1. The highest BCUT2D eigenvalue weighted by atomic mass is 16.2. The lowest BCUT2D eigenvalue weighted by molar-refractivity contribution is 0.0944. The van der Waals surface area contributed by atoms with Crippen LogP contribution in [0.3, 0.4) is 0 Å². The molecule has 0 aliphatic rings. The first-order chi connectivity index (χ1) is 10.0. The predicted octanol–water partition coefficient (Wildman–Crippen LogP) is 2.62. The first kappa shape index (κ1) is 13.1. The Balaban J connectivity index is 2.27. The topological polar surface area (TPSA) is 63.1 Å². The van der Waals surface area contributed by atoms with Crippen molar-refractivity contribution in [2.75, 3.05) is 0 Å². The van der Waals surface area contributed by atoms with Crippen molar-refractivity contribution in [3.8, 4) is 6.07 Å². The van der Waals surface area contributed by atoms with E-state index in [0.29, 0.717) is 11.3 Å². The number of hydrogen-bond donors (Lipinski definition) is 0. The molecule has 3 aromatic rings. The summed E-state index contributed by atoms with van der Waals surface area (Å²) in [5.41, 5.74) is 4.15. The molecule has 5 heteroatoms. The van der Waals surface area contributed by atoms with Gasteiger partial charge in [-0.25, -0.2) is 4.68 Å². The van der Waals surface area contributed by atoms with Crippen molar-refractivity contribution < 1.29 is 4.79 Å². The maximum absolute atomic E-state index is 12.7. The van der Waals surface area contributed by atoms with E-state index in [4.69, 9.17) is 0 Å². The van der Waals surface area contributed by atoms with Gasteiger partial charge in [-0.1, -0.05) is 6.07 Å². The van der Waals surface area contributed by atoms with Gasteiger partial charge in [0, 0.05) is 11.4 Å². The van der Waals surface area contributed by atoms with E-state index in [2.05, 4.69) is 11.2 Å². The molecule has 5 nitrogen and oxygen atoms in total. The van der Waals surface area contributed by atoms with E-state index in [9.17, 15) is 10.1 Å². The number of aryl methyl sites for hydroxylation is 3. The minimum atomic E-state index is -0.217. The quantitative estimate of drug-likeness (QED) is 0.687. The molecule has 0 bridgehead atoms. The normalized spacial score (nSPS) is 10.8. The second kappa shape index (κ2) is 4.60. The Morgan fingerprint density at radius 1 is 1.19 bits per heavy atom. The predicted molar refractivity (Wildman–Crippen MR) is 78.3 cm³/mol. The summed E-state index contributed by atoms with van der Waals surface area (Å²) in [6.07, 6.45) is 0. The highest BCUT2D eigenvalue weighted by molar-refractivity contribution is 6.03. The molecule has 0 aromatic carbocycles. The molecule has 0 saturated heterocycles. The van der Waals surface area contributed by atoms with E-state index in [1.807, 2.05) is 45.0 Å². The van der Waals surface area contributed by atoms with Crippen molar-refractivity contribution in [3.05, 3.63) is 58.7 Å². The van der Waals surface area contributed by atoms with Crippen molar-refractivity contribution >= 4 is 11.4 Å². The monoisotopic (exact) mass is 278 g/mol. The van der Waals surface area contributed by atoms with Crippen LogP contribution in [0.4, 0.5) is 0 Å². The third-order valence-corrected chi connectivity index (χ3v) is 3.53. The fourth-order valence-corrected chi connectivity index (χ4v) is 2.62. The van der Waals surface area contributed by atoms with Gasteiger partial charge in [0.05, 0.1) is 16.8 Å². The van der Waals surface area contributed by atoms with E-state index in [0.717, 1.165) is 22.6 Å². The molecular formula is C16H14N4O. The summed E-state index contributed by atoms with van der Waals surface area (Å²) in [7, 11) is 0. The number of pyridine rings is 1. The van der Waals surface area contributed by atoms with Gasteiger partial charge in [-0.05, 0) is 45.0 Å². The molecule has 0 atom stereocenters. The first-order valence-electron chi connectivity index (χ1n) is 6.62. The summed E-state index contributed by atoms with van der Waals surface area (Å²) in [5, 5.41) is 13.5. The van der Waals surface area contributed by atoms with Crippen LogP contribution in [-0.2, 0) is 0 Å². The standard InChI is InChI=1S/C16H14N4O/c1-10-7-12(3)20(18-10)16(21)14-8-13(9-17)19-11(2)5-4-6-15(14)19/h4-8H,1-3H3. The largest absolute Gasteiger partial charge is 0.305 e. The Morgan fingerprint density at radius 2 is 1.95 bits per heavy atom. The molecule has 21 heavy (non-hydrogen) atoms. The molecule has 3 rings (SSSR count). The molecule has 104 valence electrons. The third-order valence-electron chi connectivity index (χ3n) is 3.53. The Hall–Kier alpha value is -2.87. The SMILES string of the molecule is Cc1cc(C)n(C(=O)c2cc(C#N)n3c(C)cccc23)n1. The summed E-state index contributed by atoms with van der Waals surface area (Å²) in [6, 6.07) is 11.2. The highest BCUT2D eigenvalue weighted by Gasteiger charge is 2.19. The summed E-state index contributed by atoms with van der Waals surface area (Å²) >= 11 is 0. The minimum Gasteiger partial charge on any atom is -0.305 e. The third kappa shape index (κ3) is 1.93. The van der Waals surface area contributed by atoms with Gasteiger partial charge >= 0.3 is 0 Å². The molecule has 3 aromatic heterocycles. The number of hydrogen-bond acceptors (Lipinski definition) is 3. The smallest absolute Gasteiger partial charge is 0.280 e. The van der Waals surface area contributed by atoms with E-state index in [-0.39, 0.29) is 5.91 Å². The van der Waals surface area contributed by atoms with Gasteiger partial charge in [0.2, 0.25) is 0 Å². The second-order valence-corrected chi connectivity index (χ2v) is 5.09. The van der Waals surface area contributed by atoms with Gasteiger partial charge in [0.25, 0.3) is 5.91 Å². The van der Waals surface area contributed by atoms with Crippen LogP contribution in [0.25, 0.3) is 5.52 Å². The molecule has 0 aliphatic carbocycles. The number of nitriles is 1. The summed E-state index contributed by atoms with van der Waals surface area (Å²) in [4.78, 5) is 12.7. The van der Waals surface area contributed by atoms with Gasteiger partial charge in [-0.2, -0.15) is 10.4 Å². The first-order valence-corrected chi connectivity index (χ1v) is 6.62. The summed E-state index contributed by atoms with van der Waals surface area (Å²) in [6.45, 7) is 5.59. The molecule has 0 spiro atoms. The van der Waals surface area contributed by atoms with E-state index >= 15 is 0 Å². The maximum atomic E-state index is 12.7. The number of carbonyl (C=O) groups is 1. The fourth-order valence-electron chi connectivity index (χ4n) is 2.62. The van der Waals surface area contributed by atoms with Crippen LogP contribution >= 0.6 is 0 Å². The maximum Gasteiger partial charge on any atom is 0.280 e. The second-order valence-electron chi connectivity index (χ2n) is 5.09. The molecule has 3 heterocycles. The molecule has 0 aliphatic heterocycles. The van der Waals surface area contributed by atoms with Crippen LogP contribution in [-0.4, -0.2) is 20.1 Å². The van der Waals surface area contributed by atoms with Crippen molar-refractivity contribution in [3.63, 3.8) is 0 Å². The number of aromatic nitrogens is 3. The van der Waals surface area contributed by atoms with Crippen LogP contribution < -0.4 is 0 Å². The number of rotatable bonds is 1. The average molecular weight is 278 g/mol. The van der Waals surface area contributed by atoms with Gasteiger partial charge in [0.1, 0.15) is 11.8 Å². The van der Waals surface area contributed by atoms with Gasteiger partial charge in [-0.15, -0.1) is 0 Å². The Morgan fingerprint density at radius 3 is 2.57 bits per heavy atom. The van der Waals surface area contributed by atoms with Gasteiger partial charge in [-0.3, -0.25) is 4.79 Å². The molecule has 0 unspecified atom stereocenters. The van der Waals surface area contributed by atoms with Gasteiger partial charge in [0.15, 0.2) is 0 Å². The summed E-state index contributed by atoms with van der Waals surface area (Å²) in [5.74, 6) is -0.217. The number of fused-ring (bicyclic) bond motifs is 1. The highest BCUT2D eigenvalue weighted by Crippen LogP contribution is 2.20. The molecule has 0 saturated carbocycles. The molecule has 0 radical (unpaired) electrons. The lowest BCUT2D eigenvalue weighted by atomic mass is 10.2. The van der Waals surface area contributed by atoms with Crippen molar-refractivity contribution in [1.82, 2.24) is 14.2 Å². The van der Waals surface area contributed by atoms with Crippen molar-refractivity contribution in [1.29, 1.82) is 5.26 Å². The Bertz CT molecular complexity index is 908. The Kier molecular flexibility index (Phi) is 2.88. The van der Waals surface area contributed by atoms with Crippen molar-refractivity contribution in [2.45, 2.75) is 20.8 Å². The number of carbonyl (C=O) groups excluding carboxylic acids is 1. The molecule has 0 N–H and O–H groups in total. The van der Waals surface area contributed by atoms with Crippen molar-refractivity contribution in [2.24, 2.45) is 0 Å². The molecule has 0 amide bonds. The molecular weight excluding hydrogens is 264 g/mol. The van der Waals surface area contributed by atoms with E-state index < -0.39 is 0 Å². The summed E-state index contributed by atoms with van der Waals surface area (Å²) < 4.78 is 3.17. The van der Waals surface area contributed by atoms with Crippen LogP contribution in [0, 0.1) is 32.1 Å². The zero-order valence-electron chi connectivity index (χ0n) is 12.1. The van der Waals surface area contributed by atoms with Crippen LogP contribution in [0.2, 0.25) is 0 Å². The lowest BCUT2D eigenvalue weighted by Gasteiger charge is -2.04. The van der Waals surface area contributed by atoms with Gasteiger partial charge < -0.3 is 4.40 Å². The average Bonchev–Trinajstić information content (AvgIpc) is 2.99. The zero-order valence-corrected chi connectivity index (χ0v) is 12.1. The number of nitrogens with zero attached hydrogens (tertiary/aromatic N) is 4. The van der Waals surface area contributed by atoms with Crippen LogP contribution in [0.5, 0.6) is 0 Å². The molecule has 0 fully saturated rings. The lowest BCUT2D eigenvalue weighted by Crippen LogP contribution is -2.15. The van der Waals surface area contributed by atoms with Crippen LogP contribution in [0.15, 0.2) is 30.3 Å². The fraction of sp³-hybridized carbons (Fsp3) is 0.188. The Labute approximate surface area is 122 Å².